The maximum absolute atomic E-state index is 2.65. The van der Waals surface area contributed by atoms with Crippen LogP contribution in [0.1, 0.15) is 83.9 Å². The van der Waals surface area contributed by atoms with Gasteiger partial charge in [0.1, 0.15) is 0 Å². The van der Waals surface area contributed by atoms with E-state index < -0.39 is 0 Å². The molecule has 1 nitrogen and oxygen atoms in total. The summed E-state index contributed by atoms with van der Waals surface area (Å²) in [5.74, 6) is 1.46. The van der Waals surface area contributed by atoms with Crippen molar-refractivity contribution in [2.45, 2.75) is 86.6 Å². The fourth-order valence-electron chi connectivity index (χ4n) is 3.48. The molecule has 0 heterocycles. The van der Waals surface area contributed by atoms with Crippen LogP contribution >= 0.6 is 0 Å². The molecule has 0 bridgehead atoms. The number of hydrogen-bond acceptors (Lipinski definition) is 1. The van der Waals surface area contributed by atoms with E-state index in [1.165, 1.54) is 57.2 Å². The Hall–Kier alpha value is -0.820. The van der Waals surface area contributed by atoms with Crippen molar-refractivity contribution in [3.63, 3.8) is 0 Å². The van der Waals surface area contributed by atoms with Crippen LogP contribution in [0.5, 0.6) is 0 Å². The Morgan fingerprint density at radius 1 is 0.708 bits per heavy atom. The molecule has 0 unspecified atom stereocenters. The van der Waals surface area contributed by atoms with Gasteiger partial charge in [0.25, 0.3) is 0 Å². The van der Waals surface area contributed by atoms with E-state index in [0.29, 0.717) is 0 Å². The second-order valence-electron chi connectivity index (χ2n) is 8.35. The Morgan fingerprint density at radius 2 is 1.12 bits per heavy atom. The molecule has 0 aliphatic rings. The van der Waals surface area contributed by atoms with E-state index in [2.05, 4.69) is 64.6 Å². The zero-order chi connectivity index (χ0) is 17.9. The van der Waals surface area contributed by atoms with Crippen molar-refractivity contribution in [2.24, 2.45) is 11.8 Å². The molecule has 0 radical (unpaired) electrons. The number of nitrogens with zero attached hydrogens (tertiary/aromatic N) is 1. The SMILES string of the molecule is CCCCc1cc(CCCC)cc(CN(CC(C)C)CC(C)C)c1. The molecule has 1 aromatic carbocycles. The molecular weight excluding hydrogens is 290 g/mol. The average molecular weight is 332 g/mol. The van der Waals surface area contributed by atoms with E-state index >= 15 is 0 Å². The lowest BCUT2D eigenvalue weighted by atomic mass is 9.98. The van der Waals surface area contributed by atoms with Crippen molar-refractivity contribution in [1.82, 2.24) is 4.90 Å². The van der Waals surface area contributed by atoms with Gasteiger partial charge in [-0.3, -0.25) is 4.90 Å². The van der Waals surface area contributed by atoms with Gasteiger partial charge >= 0.3 is 0 Å². The minimum atomic E-state index is 0.728. The Balaban J connectivity index is 2.91. The highest BCUT2D eigenvalue weighted by molar-refractivity contribution is 5.30. The van der Waals surface area contributed by atoms with Crippen molar-refractivity contribution < 1.29 is 0 Å². The molecular formula is C23H41N. The summed E-state index contributed by atoms with van der Waals surface area (Å²) in [4.78, 5) is 2.65. The number of rotatable bonds is 12. The van der Waals surface area contributed by atoms with Gasteiger partial charge in [-0.2, -0.15) is 0 Å². The van der Waals surface area contributed by atoms with Crippen LogP contribution in [0, 0.1) is 11.8 Å². The van der Waals surface area contributed by atoms with Crippen LogP contribution in [0.2, 0.25) is 0 Å². The summed E-state index contributed by atoms with van der Waals surface area (Å²) in [7, 11) is 0. The van der Waals surface area contributed by atoms with Gasteiger partial charge in [0, 0.05) is 19.6 Å². The summed E-state index contributed by atoms with van der Waals surface area (Å²) in [6.45, 7) is 17.4. The maximum atomic E-state index is 2.65. The first-order valence-corrected chi connectivity index (χ1v) is 10.3. The van der Waals surface area contributed by atoms with Crippen LogP contribution in [0.4, 0.5) is 0 Å². The van der Waals surface area contributed by atoms with E-state index in [-0.39, 0.29) is 0 Å². The largest absolute Gasteiger partial charge is 0.299 e. The van der Waals surface area contributed by atoms with Crippen molar-refractivity contribution in [3.05, 3.63) is 34.9 Å². The van der Waals surface area contributed by atoms with Crippen LogP contribution in [0.3, 0.4) is 0 Å². The van der Waals surface area contributed by atoms with Crippen molar-refractivity contribution in [1.29, 1.82) is 0 Å². The molecule has 0 spiro atoms. The molecule has 0 fully saturated rings. The highest BCUT2D eigenvalue weighted by Crippen LogP contribution is 2.18. The molecule has 0 amide bonds. The normalized spacial score (nSPS) is 11.9. The van der Waals surface area contributed by atoms with Gasteiger partial charge in [-0.05, 0) is 54.2 Å². The van der Waals surface area contributed by atoms with Gasteiger partial charge in [0.05, 0.1) is 0 Å². The van der Waals surface area contributed by atoms with Crippen molar-refractivity contribution in [2.75, 3.05) is 13.1 Å². The predicted molar refractivity (Wildman–Crippen MR) is 109 cm³/mol. The first-order valence-electron chi connectivity index (χ1n) is 10.3. The highest BCUT2D eigenvalue weighted by Gasteiger charge is 2.11. The van der Waals surface area contributed by atoms with Crippen LogP contribution < -0.4 is 0 Å². The third-order valence-electron chi connectivity index (χ3n) is 4.40. The summed E-state index contributed by atoms with van der Waals surface area (Å²) in [5.41, 5.74) is 4.63. The minimum Gasteiger partial charge on any atom is -0.299 e. The molecule has 1 rings (SSSR count). The molecule has 0 saturated heterocycles. The Bertz CT molecular complexity index is 411. The van der Waals surface area contributed by atoms with Gasteiger partial charge in [0.2, 0.25) is 0 Å². The van der Waals surface area contributed by atoms with Crippen LogP contribution in [-0.2, 0) is 19.4 Å². The average Bonchev–Trinajstić information content (AvgIpc) is 2.49. The summed E-state index contributed by atoms with van der Waals surface area (Å²) >= 11 is 0. The molecule has 0 aliphatic carbocycles. The van der Waals surface area contributed by atoms with Gasteiger partial charge < -0.3 is 0 Å². The Morgan fingerprint density at radius 3 is 1.50 bits per heavy atom. The lowest BCUT2D eigenvalue weighted by Crippen LogP contribution is -2.31. The zero-order valence-electron chi connectivity index (χ0n) is 17.2. The maximum Gasteiger partial charge on any atom is 0.0234 e. The highest BCUT2D eigenvalue weighted by atomic mass is 15.1. The molecule has 0 N–H and O–H groups in total. The first-order chi connectivity index (χ1) is 11.4. The third kappa shape index (κ3) is 8.87. The monoisotopic (exact) mass is 331 g/mol. The lowest BCUT2D eigenvalue weighted by molar-refractivity contribution is 0.211. The summed E-state index contributed by atoms with van der Waals surface area (Å²) in [6.07, 6.45) is 7.63. The number of aryl methyl sites for hydroxylation is 2. The quantitative estimate of drug-likeness (QED) is 0.423. The van der Waals surface area contributed by atoms with Crippen molar-refractivity contribution in [3.8, 4) is 0 Å². The standard InChI is InChI=1S/C23H41N/c1-7-9-11-21-13-22(12-10-8-2)15-23(14-21)18-24(16-19(3)4)17-20(5)6/h13-15,19-20H,7-12,16-18H2,1-6H3. The molecule has 138 valence electrons. The van der Waals surface area contributed by atoms with Gasteiger partial charge in [-0.1, -0.05) is 72.6 Å². The Kier molecular flexibility index (Phi) is 10.3. The zero-order valence-corrected chi connectivity index (χ0v) is 17.2. The van der Waals surface area contributed by atoms with E-state index in [1.54, 1.807) is 11.1 Å². The van der Waals surface area contributed by atoms with Gasteiger partial charge in [-0.25, -0.2) is 0 Å². The van der Waals surface area contributed by atoms with Crippen LogP contribution in [0.15, 0.2) is 18.2 Å². The van der Waals surface area contributed by atoms with E-state index in [0.717, 1.165) is 18.4 Å². The Labute approximate surface area is 151 Å². The first kappa shape index (κ1) is 21.2. The molecule has 0 aromatic heterocycles. The van der Waals surface area contributed by atoms with E-state index in [4.69, 9.17) is 0 Å². The van der Waals surface area contributed by atoms with Crippen LogP contribution in [-0.4, -0.2) is 18.0 Å². The van der Waals surface area contributed by atoms with E-state index in [9.17, 15) is 0 Å². The third-order valence-corrected chi connectivity index (χ3v) is 4.40. The second-order valence-corrected chi connectivity index (χ2v) is 8.35. The number of hydrogen-bond donors (Lipinski definition) is 0. The smallest absolute Gasteiger partial charge is 0.0234 e. The lowest BCUT2D eigenvalue weighted by Gasteiger charge is -2.26. The number of benzene rings is 1. The summed E-state index contributed by atoms with van der Waals surface area (Å²) < 4.78 is 0. The fraction of sp³-hybridized carbons (Fsp3) is 0.739. The fourth-order valence-corrected chi connectivity index (χ4v) is 3.48. The molecule has 0 atom stereocenters. The molecule has 1 aromatic rings. The molecule has 0 saturated carbocycles. The second kappa shape index (κ2) is 11.7. The van der Waals surface area contributed by atoms with Gasteiger partial charge in [-0.15, -0.1) is 0 Å². The molecule has 0 aliphatic heterocycles. The molecule has 24 heavy (non-hydrogen) atoms. The predicted octanol–water partition coefficient (Wildman–Crippen LogP) is 6.49. The van der Waals surface area contributed by atoms with Crippen LogP contribution in [0.25, 0.3) is 0 Å². The summed E-state index contributed by atoms with van der Waals surface area (Å²) in [6, 6.07) is 7.40. The topological polar surface area (TPSA) is 3.24 Å². The van der Waals surface area contributed by atoms with Gasteiger partial charge in [0.15, 0.2) is 0 Å². The van der Waals surface area contributed by atoms with E-state index in [1.807, 2.05) is 0 Å². The van der Waals surface area contributed by atoms with Crippen molar-refractivity contribution >= 4 is 0 Å². The minimum absolute atomic E-state index is 0.728. The molecule has 1 heteroatoms. The summed E-state index contributed by atoms with van der Waals surface area (Å²) in [5, 5.41) is 0. The number of unbranched alkanes of at least 4 members (excludes halogenated alkanes) is 2.